The van der Waals surface area contributed by atoms with Crippen molar-refractivity contribution in [3.05, 3.63) is 74.3 Å². The van der Waals surface area contributed by atoms with E-state index in [0.717, 1.165) is 16.0 Å². The number of aromatic hydroxyl groups is 1. The zero-order valence-corrected chi connectivity index (χ0v) is 14.2. The van der Waals surface area contributed by atoms with Gasteiger partial charge in [-0.15, -0.1) is 11.3 Å². The average Bonchev–Trinajstić information content (AvgIpc) is 3.01. The summed E-state index contributed by atoms with van der Waals surface area (Å²) in [5, 5.41) is 12.5. The van der Waals surface area contributed by atoms with Crippen LogP contribution >= 0.6 is 11.3 Å². The first-order chi connectivity index (χ1) is 10.9. The Bertz CT molecular complexity index is 892. The molecule has 4 heteroatoms. The van der Waals surface area contributed by atoms with E-state index in [2.05, 4.69) is 4.98 Å². The summed E-state index contributed by atoms with van der Waals surface area (Å²) in [6, 6.07) is 13.3. The van der Waals surface area contributed by atoms with E-state index in [0.29, 0.717) is 11.3 Å². The van der Waals surface area contributed by atoms with E-state index in [9.17, 15) is 9.90 Å². The van der Waals surface area contributed by atoms with Crippen LogP contribution in [0.1, 0.15) is 30.0 Å². The van der Waals surface area contributed by atoms with Crippen LogP contribution in [0.25, 0.3) is 11.1 Å². The molecule has 2 heterocycles. The molecule has 0 saturated carbocycles. The number of aromatic nitrogens is 1. The van der Waals surface area contributed by atoms with E-state index in [-0.39, 0.29) is 16.7 Å². The third-order valence-electron chi connectivity index (χ3n) is 4.13. The van der Waals surface area contributed by atoms with Crippen molar-refractivity contribution in [3.63, 3.8) is 0 Å². The molecule has 0 amide bonds. The van der Waals surface area contributed by atoms with Crippen molar-refractivity contribution >= 4 is 11.3 Å². The van der Waals surface area contributed by atoms with Crippen LogP contribution < -0.4 is 5.56 Å². The summed E-state index contributed by atoms with van der Waals surface area (Å²) >= 11 is 1.64. The molecule has 0 saturated heterocycles. The zero-order chi connectivity index (χ0) is 16.6. The van der Waals surface area contributed by atoms with E-state index >= 15 is 0 Å². The normalized spacial score (nSPS) is 11.6. The molecule has 1 aromatic carbocycles. The Labute approximate surface area is 139 Å². The van der Waals surface area contributed by atoms with E-state index in [1.165, 1.54) is 0 Å². The minimum absolute atomic E-state index is 0.0129. The molecule has 2 N–H and O–H groups in total. The fourth-order valence-corrected chi connectivity index (χ4v) is 3.59. The van der Waals surface area contributed by atoms with Gasteiger partial charge in [0.15, 0.2) is 0 Å². The summed E-state index contributed by atoms with van der Waals surface area (Å²) in [6.07, 6.45) is 0. The first-order valence-electron chi connectivity index (χ1n) is 7.47. The molecule has 0 bridgehead atoms. The summed E-state index contributed by atoms with van der Waals surface area (Å²) in [7, 11) is 0. The van der Waals surface area contributed by atoms with Crippen molar-refractivity contribution in [2.45, 2.75) is 26.2 Å². The molecule has 2 aromatic heterocycles. The number of rotatable bonds is 3. The molecule has 118 valence electrons. The molecule has 3 nitrogen and oxygen atoms in total. The Morgan fingerprint density at radius 3 is 2.52 bits per heavy atom. The molecule has 23 heavy (non-hydrogen) atoms. The Balaban J connectivity index is 2.14. The Morgan fingerprint density at radius 1 is 1.13 bits per heavy atom. The third-order valence-corrected chi connectivity index (χ3v) is 5.32. The van der Waals surface area contributed by atoms with Crippen molar-refractivity contribution < 1.29 is 5.11 Å². The Morgan fingerprint density at radius 2 is 1.91 bits per heavy atom. The van der Waals surface area contributed by atoms with Gasteiger partial charge in [0.2, 0.25) is 0 Å². The minimum Gasteiger partial charge on any atom is -0.507 e. The molecular weight excluding hydrogens is 306 g/mol. The molecule has 0 spiro atoms. The number of thiophene rings is 1. The van der Waals surface area contributed by atoms with Gasteiger partial charge >= 0.3 is 0 Å². The monoisotopic (exact) mass is 325 g/mol. The lowest BCUT2D eigenvalue weighted by atomic mass is 9.86. The number of nitrogens with one attached hydrogen (secondary N) is 1. The molecule has 3 rings (SSSR count). The second-order valence-electron chi connectivity index (χ2n) is 6.24. The van der Waals surface area contributed by atoms with Crippen molar-refractivity contribution in [2.75, 3.05) is 0 Å². The summed E-state index contributed by atoms with van der Waals surface area (Å²) in [4.78, 5) is 16.7. The van der Waals surface area contributed by atoms with Gasteiger partial charge in [-0.05, 0) is 37.8 Å². The Kier molecular flexibility index (Phi) is 3.86. The first kappa shape index (κ1) is 15.6. The highest BCUT2D eigenvalue weighted by Crippen LogP contribution is 2.36. The van der Waals surface area contributed by atoms with E-state index in [1.807, 2.05) is 62.5 Å². The highest BCUT2D eigenvalue weighted by Gasteiger charge is 2.27. The molecule has 0 aliphatic carbocycles. The van der Waals surface area contributed by atoms with Crippen LogP contribution in [-0.2, 0) is 5.41 Å². The van der Waals surface area contributed by atoms with Gasteiger partial charge in [0.05, 0.1) is 5.56 Å². The lowest BCUT2D eigenvalue weighted by Crippen LogP contribution is -2.24. The second-order valence-corrected chi connectivity index (χ2v) is 7.19. The van der Waals surface area contributed by atoms with Gasteiger partial charge in [0, 0.05) is 22.1 Å². The molecular formula is C19H19NO2S. The van der Waals surface area contributed by atoms with Crippen LogP contribution in [0.15, 0.2) is 52.6 Å². The van der Waals surface area contributed by atoms with Crippen LogP contribution in [-0.4, -0.2) is 10.1 Å². The van der Waals surface area contributed by atoms with Crippen LogP contribution in [0.5, 0.6) is 5.75 Å². The number of aryl methyl sites for hydroxylation is 1. The average molecular weight is 325 g/mol. The fourth-order valence-electron chi connectivity index (χ4n) is 2.73. The Hall–Kier alpha value is -2.33. The molecule has 3 aromatic rings. The summed E-state index contributed by atoms with van der Waals surface area (Å²) in [6.45, 7) is 6.04. The molecule has 0 unspecified atom stereocenters. The van der Waals surface area contributed by atoms with Gasteiger partial charge in [-0.1, -0.05) is 35.9 Å². The largest absolute Gasteiger partial charge is 0.507 e. The highest BCUT2D eigenvalue weighted by molar-refractivity contribution is 7.10. The summed E-state index contributed by atoms with van der Waals surface area (Å²) < 4.78 is 0. The number of pyridine rings is 1. The topological polar surface area (TPSA) is 53.1 Å². The van der Waals surface area contributed by atoms with Crippen molar-refractivity contribution in [2.24, 2.45) is 0 Å². The smallest absolute Gasteiger partial charge is 0.259 e. The number of hydrogen-bond donors (Lipinski definition) is 2. The fraction of sp³-hybridized carbons (Fsp3) is 0.211. The van der Waals surface area contributed by atoms with Gasteiger partial charge < -0.3 is 10.1 Å². The number of hydrogen-bond acceptors (Lipinski definition) is 3. The molecule has 0 aliphatic rings. The number of H-pyrrole nitrogens is 1. The van der Waals surface area contributed by atoms with Gasteiger partial charge in [-0.3, -0.25) is 4.79 Å². The van der Waals surface area contributed by atoms with Crippen molar-refractivity contribution in [1.82, 2.24) is 4.98 Å². The van der Waals surface area contributed by atoms with Gasteiger partial charge in [0.1, 0.15) is 5.75 Å². The molecule has 0 atom stereocenters. The van der Waals surface area contributed by atoms with Crippen LogP contribution in [0.2, 0.25) is 0 Å². The molecule has 0 fully saturated rings. The third kappa shape index (κ3) is 2.82. The summed E-state index contributed by atoms with van der Waals surface area (Å²) in [5.41, 5.74) is 2.16. The lowest BCUT2D eigenvalue weighted by Gasteiger charge is -2.24. The van der Waals surface area contributed by atoms with Crippen LogP contribution in [0, 0.1) is 6.92 Å². The van der Waals surface area contributed by atoms with Crippen LogP contribution in [0.3, 0.4) is 0 Å². The molecule has 0 radical (unpaired) electrons. The predicted octanol–water partition coefficient (Wildman–Crippen LogP) is 4.44. The van der Waals surface area contributed by atoms with E-state index < -0.39 is 0 Å². The lowest BCUT2D eigenvalue weighted by molar-refractivity contribution is 0.471. The number of benzene rings is 1. The quantitative estimate of drug-likeness (QED) is 0.748. The number of aromatic amines is 1. The minimum atomic E-state index is -0.365. The maximum absolute atomic E-state index is 12.6. The standard InChI is InChI=1S/C19H19NO2S/c1-12-6-4-7-13(10-12)17-14(21)11-15(20-18(17)22)19(2,3)16-8-5-9-23-16/h4-11H,1-3H3,(H2,20,21,22). The zero-order valence-electron chi connectivity index (χ0n) is 13.4. The first-order valence-corrected chi connectivity index (χ1v) is 8.35. The maximum atomic E-state index is 12.6. The SMILES string of the molecule is Cc1cccc(-c2c(O)cc(C(C)(C)c3cccs3)[nH]c2=O)c1. The highest BCUT2D eigenvalue weighted by atomic mass is 32.1. The summed E-state index contributed by atoms with van der Waals surface area (Å²) in [5.74, 6) is 0.0129. The van der Waals surface area contributed by atoms with Gasteiger partial charge in [-0.2, -0.15) is 0 Å². The van der Waals surface area contributed by atoms with E-state index in [1.54, 1.807) is 17.4 Å². The van der Waals surface area contributed by atoms with Crippen molar-refractivity contribution in [1.29, 1.82) is 0 Å². The van der Waals surface area contributed by atoms with Gasteiger partial charge in [-0.25, -0.2) is 0 Å². The van der Waals surface area contributed by atoms with Crippen LogP contribution in [0.4, 0.5) is 0 Å². The van der Waals surface area contributed by atoms with Crippen molar-refractivity contribution in [3.8, 4) is 16.9 Å². The second kappa shape index (κ2) is 5.70. The maximum Gasteiger partial charge on any atom is 0.259 e. The molecule has 0 aliphatic heterocycles. The van der Waals surface area contributed by atoms with E-state index in [4.69, 9.17) is 0 Å². The van der Waals surface area contributed by atoms with Gasteiger partial charge in [0.25, 0.3) is 5.56 Å². The predicted molar refractivity (Wildman–Crippen MR) is 95.3 cm³/mol.